The van der Waals surface area contributed by atoms with Gasteiger partial charge in [0.2, 0.25) is 0 Å². The summed E-state index contributed by atoms with van der Waals surface area (Å²) in [5.74, 6) is 0.0353. The van der Waals surface area contributed by atoms with Gasteiger partial charge in [-0.2, -0.15) is 0 Å². The van der Waals surface area contributed by atoms with Gasteiger partial charge >= 0.3 is 0 Å². The SMILES string of the molecule is CC(=O)CC/[N+]([O-])=C/c1ccc(C)cc1. The molecule has 0 fully saturated rings. The van der Waals surface area contributed by atoms with Crippen LogP contribution in [0.15, 0.2) is 24.3 Å². The second-order valence-electron chi connectivity index (χ2n) is 3.63. The van der Waals surface area contributed by atoms with E-state index in [1.54, 1.807) is 0 Å². The van der Waals surface area contributed by atoms with E-state index in [4.69, 9.17) is 0 Å². The van der Waals surface area contributed by atoms with E-state index in [9.17, 15) is 10.0 Å². The van der Waals surface area contributed by atoms with Crippen molar-refractivity contribution in [1.29, 1.82) is 0 Å². The molecule has 0 heterocycles. The van der Waals surface area contributed by atoms with Crippen LogP contribution in [0.2, 0.25) is 0 Å². The van der Waals surface area contributed by atoms with Gasteiger partial charge in [0.25, 0.3) is 0 Å². The van der Waals surface area contributed by atoms with Crippen molar-refractivity contribution in [3.8, 4) is 0 Å². The van der Waals surface area contributed by atoms with E-state index in [-0.39, 0.29) is 12.3 Å². The summed E-state index contributed by atoms with van der Waals surface area (Å²) < 4.78 is 0.798. The van der Waals surface area contributed by atoms with Crippen LogP contribution >= 0.6 is 0 Å². The molecule has 0 atom stereocenters. The fourth-order valence-electron chi connectivity index (χ4n) is 1.15. The van der Waals surface area contributed by atoms with Crippen molar-refractivity contribution >= 4 is 12.0 Å². The van der Waals surface area contributed by atoms with E-state index >= 15 is 0 Å². The molecule has 0 aliphatic carbocycles. The van der Waals surface area contributed by atoms with Crippen LogP contribution in [0.25, 0.3) is 0 Å². The Labute approximate surface area is 89.6 Å². The molecule has 0 saturated heterocycles. The molecule has 0 N–H and O–H groups in total. The van der Waals surface area contributed by atoms with Gasteiger partial charge in [-0.3, -0.25) is 4.79 Å². The molecule has 80 valence electrons. The van der Waals surface area contributed by atoms with E-state index in [1.165, 1.54) is 13.1 Å². The summed E-state index contributed by atoms with van der Waals surface area (Å²) in [4.78, 5) is 10.7. The first-order valence-electron chi connectivity index (χ1n) is 4.92. The lowest BCUT2D eigenvalue weighted by atomic mass is 10.2. The second-order valence-corrected chi connectivity index (χ2v) is 3.63. The number of carbonyl (C=O) groups is 1. The first-order chi connectivity index (χ1) is 7.08. The van der Waals surface area contributed by atoms with Crippen molar-refractivity contribution in [2.75, 3.05) is 6.54 Å². The van der Waals surface area contributed by atoms with Gasteiger partial charge in [-0.1, -0.05) is 17.7 Å². The van der Waals surface area contributed by atoms with Gasteiger partial charge < -0.3 is 5.21 Å². The van der Waals surface area contributed by atoms with E-state index in [2.05, 4.69) is 0 Å². The van der Waals surface area contributed by atoms with E-state index in [0.717, 1.165) is 15.9 Å². The Hall–Kier alpha value is -1.64. The smallest absolute Gasteiger partial charge is 0.181 e. The monoisotopic (exact) mass is 205 g/mol. The fraction of sp³-hybridized carbons (Fsp3) is 0.333. The molecule has 1 rings (SSSR count). The Morgan fingerprint density at radius 1 is 1.40 bits per heavy atom. The van der Waals surface area contributed by atoms with Gasteiger partial charge in [0.1, 0.15) is 5.78 Å². The molecule has 3 heteroatoms. The molecule has 1 aromatic rings. The highest BCUT2D eigenvalue weighted by Crippen LogP contribution is 2.00. The summed E-state index contributed by atoms with van der Waals surface area (Å²) in [6.45, 7) is 3.71. The third-order valence-electron chi connectivity index (χ3n) is 2.05. The largest absolute Gasteiger partial charge is 0.624 e. The lowest BCUT2D eigenvalue weighted by Crippen LogP contribution is -2.10. The number of ketones is 1. The van der Waals surface area contributed by atoms with Crippen LogP contribution in [-0.4, -0.2) is 23.3 Å². The number of hydrogen-bond donors (Lipinski definition) is 0. The average Bonchev–Trinajstić information content (AvgIpc) is 2.19. The lowest BCUT2D eigenvalue weighted by Gasteiger charge is -2.02. The Bertz CT molecular complexity index is 366. The van der Waals surface area contributed by atoms with Crippen LogP contribution in [0.1, 0.15) is 24.5 Å². The lowest BCUT2D eigenvalue weighted by molar-refractivity contribution is -0.450. The topological polar surface area (TPSA) is 43.1 Å². The second kappa shape index (κ2) is 5.29. The van der Waals surface area contributed by atoms with Gasteiger partial charge in [-0.15, -0.1) is 0 Å². The molecule has 0 aliphatic heterocycles. The molecule has 0 radical (unpaired) electrons. The third-order valence-corrected chi connectivity index (χ3v) is 2.05. The first kappa shape index (κ1) is 11.4. The quantitative estimate of drug-likeness (QED) is 0.326. The molecular weight excluding hydrogens is 190 g/mol. The van der Waals surface area contributed by atoms with Crippen LogP contribution in [-0.2, 0) is 4.79 Å². The summed E-state index contributed by atoms with van der Waals surface area (Å²) in [7, 11) is 0. The number of aryl methyl sites for hydroxylation is 1. The highest BCUT2D eigenvalue weighted by Gasteiger charge is 1.99. The van der Waals surface area contributed by atoms with Crippen LogP contribution in [0.3, 0.4) is 0 Å². The zero-order valence-corrected chi connectivity index (χ0v) is 9.06. The predicted octanol–water partition coefficient (Wildman–Crippen LogP) is 1.90. The Morgan fingerprint density at radius 2 is 2.00 bits per heavy atom. The number of Topliss-reactive ketones (excluding diaryl/α,β-unsaturated/α-hetero) is 1. The van der Waals surface area contributed by atoms with Crippen LogP contribution in [0.4, 0.5) is 0 Å². The number of carbonyl (C=O) groups excluding carboxylic acids is 1. The summed E-state index contributed by atoms with van der Waals surface area (Å²) in [6, 6.07) is 7.66. The van der Waals surface area contributed by atoms with Crippen LogP contribution < -0.4 is 0 Å². The molecule has 1 aromatic carbocycles. The van der Waals surface area contributed by atoms with Crippen molar-refractivity contribution < 1.29 is 9.53 Å². The summed E-state index contributed by atoms with van der Waals surface area (Å²) in [6.07, 6.45) is 1.80. The average molecular weight is 205 g/mol. The molecule has 0 spiro atoms. The number of nitrogens with zero attached hydrogens (tertiary/aromatic N) is 1. The maximum atomic E-state index is 11.3. The maximum Gasteiger partial charge on any atom is 0.181 e. The van der Waals surface area contributed by atoms with E-state index in [1.807, 2.05) is 31.2 Å². The normalized spacial score (nSPS) is 11.5. The minimum atomic E-state index is 0.0353. The van der Waals surface area contributed by atoms with Gasteiger partial charge in [0, 0.05) is 5.56 Å². The number of rotatable bonds is 4. The number of hydrogen-bond acceptors (Lipinski definition) is 2. The maximum absolute atomic E-state index is 11.3. The van der Waals surface area contributed by atoms with Gasteiger partial charge in [0.15, 0.2) is 12.8 Å². The standard InChI is InChI=1S/C12H15NO2/c1-10-3-5-12(6-4-10)9-13(15)8-7-11(2)14/h3-6,9H,7-8H2,1-2H3/b13-9-. The van der Waals surface area contributed by atoms with Gasteiger partial charge in [0.05, 0.1) is 6.42 Å². The third kappa shape index (κ3) is 4.40. The minimum absolute atomic E-state index is 0.0353. The van der Waals surface area contributed by atoms with E-state index < -0.39 is 0 Å². The Morgan fingerprint density at radius 3 is 2.53 bits per heavy atom. The van der Waals surface area contributed by atoms with Crippen molar-refractivity contribution in [3.63, 3.8) is 0 Å². The number of benzene rings is 1. The summed E-state index contributed by atoms with van der Waals surface area (Å²) in [5, 5.41) is 11.3. The zero-order valence-electron chi connectivity index (χ0n) is 9.06. The summed E-state index contributed by atoms with van der Waals surface area (Å²) in [5.41, 5.74) is 2.02. The molecule has 15 heavy (non-hydrogen) atoms. The molecule has 0 amide bonds. The fourth-order valence-corrected chi connectivity index (χ4v) is 1.15. The Balaban J connectivity index is 2.62. The first-order valence-corrected chi connectivity index (χ1v) is 4.92. The molecule has 3 nitrogen and oxygen atoms in total. The number of hydroxylamine groups is 1. The highest BCUT2D eigenvalue weighted by molar-refractivity contribution is 5.77. The molecule has 0 aliphatic rings. The highest BCUT2D eigenvalue weighted by atomic mass is 16.5. The van der Waals surface area contributed by atoms with E-state index in [0.29, 0.717) is 6.42 Å². The van der Waals surface area contributed by atoms with Gasteiger partial charge in [-0.25, -0.2) is 4.74 Å². The van der Waals surface area contributed by atoms with Crippen molar-refractivity contribution in [1.82, 2.24) is 0 Å². The molecule has 0 unspecified atom stereocenters. The zero-order chi connectivity index (χ0) is 11.3. The van der Waals surface area contributed by atoms with Crippen LogP contribution in [0.5, 0.6) is 0 Å². The van der Waals surface area contributed by atoms with Crippen molar-refractivity contribution in [2.45, 2.75) is 20.3 Å². The molecule has 0 bridgehead atoms. The Kier molecular flexibility index (Phi) is 4.03. The van der Waals surface area contributed by atoms with Crippen LogP contribution in [0, 0.1) is 12.1 Å². The minimum Gasteiger partial charge on any atom is -0.624 e. The van der Waals surface area contributed by atoms with Gasteiger partial charge in [-0.05, 0) is 26.0 Å². The van der Waals surface area contributed by atoms with Crippen molar-refractivity contribution in [2.24, 2.45) is 0 Å². The van der Waals surface area contributed by atoms with Crippen molar-refractivity contribution in [3.05, 3.63) is 40.6 Å². The predicted molar refractivity (Wildman–Crippen MR) is 60.1 cm³/mol. The molecular formula is C12H15NO2. The molecule has 0 aromatic heterocycles. The summed E-state index contributed by atoms with van der Waals surface area (Å²) >= 11 is 0. The molecule has 0 saturated carbocycles.